The van der Waals surface area contributed by atoms with Crippen LogP contribution in [0.1, 0.15) is 44.0 Å². The predicted octanol–water partition coefficient (Wildman–Crippen LogP) is 1.53. The smallest absolute Gasteiger partial charge is 0.275 e. The van der Waals surface area contributed by atoms with Gasteiger partial charge in [0.1, 0.15) is 18.1 Å². The van der Waals surface area contributed by atoms with E-state index in [4.69, 9.17) is 0 Å². The van der Waals surface area contributed by atoms with E-state index >= 15 is 0 Å². The van der Waals surface area contributed by atoms with Crippen LogP contribution in [0, 0.1) is 0 Å². The van der Waals surface area contributed by atoms with E-state index < -0.39 is 35.6 Å². The topological polar surface area (TPSA) is 130 Å². The molecule has 1 atom stereocenters. The summed E-state index contributed by atoms with van der Waals surface area (Å²) in [5.41, 5.74) is 1.54. The summed E-state index contributed by atoms with van der Waals surface area (Å²) in [7, 11) is 0. The summed E-state index contributed by atoms with van der Waals surface area (Å²) in [6.45, 7) is 0. The van der Waals surface area contributed by atoms with Crippen LogP contribution in [0.15, 0.2) is 61.1 Å². The highest BCUT2D eigenvalue weighted by atomic mass is 16.2. The number of fused-ring (bicyclic) bond motifs is 1. The van der Waals surface area contributed by atoms with Gasteiger partial charge in [-0.05, 0) is 36.8 Å². The largest absolute Gasteiger partial charge is 0.321 e. The van der Waals surface area contributed by atoms with Crippen molar-refractivity contribution < 1.29 is 24.0 Å². The van der Waals surface area contributed by atoms with E-state index in [9.17, 15) is 24.0 Å². The quantitative estimate of drug-likeness (QED) is 0.588. The highest BCUT2D eigenvalue weighted by Crippen LogP contribution is 2.29. The molecule has 5 amide bonds. The Labute approximate surface area is 187 Å². The molecule has 0 bridgehead atoms. The first-order valence-electron chi connectivity index (χ1n) is 10.2. The molecule has 3 heterocycles. The van der Waals surface area contributed by atoms with Gasteiger partial charge in [-0.1, -0.05) is 18.2 Å². The molecule has 1 aromatic heterocycles. The molecule has 2 aliphatic heterocycles. The van der Waals surface area contributed by atoms with Crippen molar-refractivity contribution in [3.8, 4) is 5.69 Å². The molecule has 0 spiro atoms. The number of imidazole rings is 1. The summed E-state index contributed by atoms with van der Waals surface area (Å²) in [4.78, 5) is 66.9. The van der Waals surface area contributed by atoms with Crippen LogP contribution in [0.5, 0.6) is 0 Å². The van der Waals surface area contributed by atoms with Crippen LogP contribution in [0.3, 0.4) is 0 Å². The Hall–Kier alpha value is -4.60. The highest BCUT2D eigenvalue weighted by Gasteiger charge is 2.44. The number of carbonyl (C=O) groups is 5. The van der Waals surface area contributed by atoms with Gasteiger partial charge in [0, 0.05) is 24.0 Å². The number of piperidine rings is 1. The fourth-order valence-electron chi connectivity index (χ4n) is 3.93. The fraction of sp³-hybridized carbons (Fsp3) is 0.130. The molecular formula is C23H17N5O5. The van der Waals surface area contributed by atoms with Crippen LogP contribution in [0.4, 0.5) is 5.69 Å². The first-order valence-corrected chi connectivity index (χ1v) is 10.2. The first-order chi connectivity index (χ1) is 15.9. The second kappa shape index (κ2) is 7.83. The molecule has 33 heavy (non-hydrogen) atoms. The number of amides is 5. The van der Waals surface area contributed by atoms with Crippen molar-refractivity contribution in [1.82, 2.24) is 19.8 Å². The number of nitrogens with one attached hydrogen (secondary N) is 2. The normalized spacial score (nSPS) is 17.7. The van der Waals surface area contributed by atoms with Gasteiger partial charge in [-0.15, -0.1) is 0 Å². The third-order valence-electron chi connectivity index (χ3n) is 5.57. The average Bonchev–Trinajstić information content (AvgIpc) is 3.39. The molecule has 3 aromatic rings. The molecule has 2 aromatic carbocycles. The van der Waals surface area contributed by atoms with Crippen molar-refractivity contribution in [3.05, 3.63) is 77.9 Å². The van der Waals surface area contributed by atoms with E-state index in [1.165, 1.54) is 24.5 Å². The summed E-state index contributed by atoms with van der Waals surface area (Å²) in [5, 5.41) is 4.83. The van der Waals surface area contributed by atoms with Gasteiger partial charge in [0.2, 0.25) is 11.8 Å². The predicted molar refractivity (Wildman–Crippen MR) is 115 cm³/mol. The van der Waals surface area contributed by atoms with Crippen molar-refractivity contribution >= 4 is 35.2 Å². The molecule has 10 nitrogen and oxygen atoms in total. The molecule has 0 radical (unpaired) electrons. The van der Waals surface area contributed by atoms with Crippen LogP contribution in [0.2, 0.25) is 0 Å². The zero-order valence-electron chi connectivity index (χ0n) is 17.1. The molecule has 164 valence electrons. The third kappa shape index (κ3) is 3.57. The lowest BCUT2D eigenvalue weighted by Crippen LogP contribution is -2.54. The molecule has 0 saturated carbocycles. The molecule has 0 aliphatic carbocycles. The third-order valence-corrected chi connectivity index (χ3v) is 5.57. The van der Waals surface area contributed by atoms with E-state index in [-0.39, 0.29) is 29.7 Å². The standard InChI is InChI=1S/C23H17N5O5/c29-19-9-8-18(21(31)26-19)28-22(32)15-7-6-13(10-16(15)23(28)33)25-20(30)17-11-27(12-24-17)14-4-2-1-3-5-14/h1-7,10-12,18H,8-9H2,(H,25,30)(H,26,29,31). The average molecular weight is 443 g/mol. The molecule has 2 aliphatic rings. The maximum atomic E-state index is 12.9. The monoisotopic (exact) mass is 443 g/mol. The lowest BCUT2D eigenvalue weighted by atomic mass is 10.0. The summed E-state index contributed by atoms with van der Waals surface area (Å²) in [5.74, 6) is -2.85. The number of hydrogen-bond acceptors (Lipinski definition) is 6. The Morgan fingerprint density at radius 1 is 1.00 bits per heavy atom. The van der Waals surface area contributed by atoms with E-state index in [1.54, 1.807) is 10.8 Å². The van der Waals surface area contributed by atoms with Gasteiger partial charge in [-0.2, -0.15) is 0 Å². The number of nitrogens with zero attached hydrogens (tertiary/aromatic N) is 3. The maximum Gasteiger partial charge on any atom is 0.275 e. The molecule has 10 heteroatoms. The number of imide groups is 2. The zero-order valence-corrected chi connectivity index (χ0v) is 17.1. The number of aromatic nitrogens is 2. The number of hydrogen-bond donors (Lipinski definition) is 2. The number of rotatable bonds is 4. The zero-order chi connectivity index (χ0) is 23.1. The van der Waals surface area contributed by atoms with Crippen LogP contribution >= 0.6 is 0 Å². The van der Waals surface area contributed by atoms with Crippen LogP contribution in [0.25, 0.3) is 5.69 Å². The summed E-state index contributed by atoms with van der Waals surface area (Å²) >= 11 is 0. The summed E-state index contributed by atoms with van der Waals surface area (Å²) in [6, 6.07) is 12.7. The molecule has 5 rings (SSSR count). The molecule has 2 N–H and O–H groups in total. The van der Waals surface area contributed by atoms with Gasteiger partial charge in [0.15, 0.2) is 0 Å². The van der Waals surface area contributed by atoms with Crippen molar-refractivity contribution in [3.63, 3.8) is 0 Å². The molecular weight excluding hydrogens is 426 g/mol. The van der Waals surface area contributed by atoms with Crippen molar-refractivity contribution in [1.29, 1.82) is 0 Å². The first kappa shape index (κ1) is 20.3. The number of benzene rings is 2. The van der Waals surface area contributed by atoms with Gasteiger partial charge in [0.25, 0.3) is 17.7 Å². The van der Waals surface area contributed by atoms with Gasteiger partial charge in [-0.25, -0.2) is 4.98 Å². The van der Waals surface area contributed by atoms with Crippen molar-refractivity contribution in [2.75, 3.05) is 5.32 Å². The van der Waals surface area contributed by atoms with E-state index in [2.05, 4.69) is 15.6 Å². The van der Waals surface area contributed by atoms with Crippen molar-refractivity contribution in [2.24, 2.45) is 0 Å². The number of anilines is 1. The van der Waals surface area contributed by atoms with Crippen LogP contribution in [-0.4, -0.2) is 50.0 Å². The minimum absolute atomic E-state index is 0.0424. The van der Waals surface area contributed by atoms with Gasteiger partial charge < -0.3 is 9.88 Å². The van der Waals surface area contributed by atoms with Gasteiger partial charge in [-0.3, -0.25) is 34.2 Å². The lowest BCUT2D eigenvalue weighted by molar-refractivity contribution is -0.136. The Bertz CT molecular complexity index is 1330. The van der Waals surface area contributed by atoms with Crippen molar-refractivity contribution in [2.45, 2.75) is 18.9 Å². The second-order valence-corrected chi connectivity index (χ2v) is 7.66. The summed E-state index contributed by atoms with van der Waals surface area (Å²) in [6.07, 6.45) is 3.22. The van der Waals surface area contributed by atoms with Gasteiger partial charge in [0.05, 0.1) is 11.1 Å². The van der Waals surface area contributed by atoms with Gasteiger partial charge >= 0.3 is 0 Å². The number of para-hydroxylation sites is 1. The number of carbonyl (C=O) groups excluding carboxylic acids is 5. The minimum atomic E-state index is -1.05. The van der Waals surface area contributed by atoms with E-state index in [0.29, 0.717) is 5.69 Å². The lowest BCUT2D eigenvalue weighted by Gasteiger charge is -2.27. The second-order valence-electron chi connectivity index (χ2n) is 7.66. The van der Waals surface area contributed by atoms with Crippen LogP contribution in [-0.2, 0) is 9.59 Å². The highest BCUT2D eigenvalue weighted by molar-refractivity contribution is 6.24. The van der Waals surface area contributed by atoms with Crippen LogP contribution < -0.4 is 10.6 Å². The summed E-state index contributed by atoms with van der Waals surface area (Å²) < 4.78 is 1.71. The molecule has 1 fully saturated rings. The Kier molecular flexibility index (Phi) is 4.82. The Morgan fingerprint density at radius 2 is 1.76 bits per heavy atom. The fourth-order valence-corrected chi connectivity index (χ4v) is 3.93. The minimum Gasteiger partial charge on any atom is -0.321 e. The Balaban J connectivity index is 1.35. The van der Waals surface area contributed by atoms with E-state index in [1.807, 2.05) is 30.3 Å². The van der Waals surface area contributed by atoms with E-state index in [0.717, 1.165) is 10.6 Å². The SMILES string of the molecule is O=C1CCC(N2C(=O)c3ccc(NC(=O)c4cn(-c5ccccc5)cn4)cc3C2=O)C(=O)N1. The Morgan fingerprint density at radius 3 is 2.52 bits per heavy atom. The molecule has 1 unspecified atom stereocenters. The molecule has 1 saturated heterocycles. The maximum absolute atomic E-state index is 12.9.